The summed E-state index contributed by atoms with van der Waals surface area (Å²) in [6, 6.07) is 10.9. The largest absolute Gasteiger partial charge is 0.469 e. The van der Waals surface area contributed by atoms with Gasteiger partial charge in [0.25, 0.3) is 0 Å². The number of carbonyl (C=O) groups excluding carboxylic acids is 2. The van der Waals surface area contributed by atoms with Gasteiger partial charge in [0.15, 0.2) is 0 Å². The van der Waals surface area contributed by atoms with Gasteiger partial charge >= 0.3 is 5.97 Å². The molecule has 8 heteroatoms. The number of amides is 1. The normalized spacial score (nSPS) is 11.8. The van der Waals surface area contributed by atoms with E-state index in [9.17, 15) is 9.59 Å². The fraction of sp³-hybridized carbons (Fsp3) is 0.300. The highest BCUT2D eigenvalue weighted by Crippen LogP contribution is 2.33. The summed E-state index contributed by atoms with van der Waals surface area (Å²) in [5.41, 5.74) is 1.98. The highest BCUT2D eigenvalue weighted by Gasteiger charge is 2.29. The van der Waals surface area contributed by atoms with Crippen LogP contribution in [0.4, 0.5) is 5.69 Å². The lowest BCUT2D eigenvalue weighted by Crippen LogP contribution is -2.28. The fourth-order valence-electron chi connectivity index (χ4n) is 2.98. The molecule has 0 aliphatic heterocycles. The average Bonchev–Trinajstić information content (AvgIpc) is 3.36. The quantitative estimate of drug-likeness (QED) is 0.577. The third-order valence-corrected chi connectivity index (χ3v) is 4.59. The first-order valence-electron chi connectivity index (χ1n) is 8.77. The second kappa shape index (κ2) is 8.51. The lowest BCUT2D eigenvalue weighted by molar-refractivity contribution is -0.141. The number of para-hydroxylation sites is 1. The Labute approximate surface area is 162 Å². The molecule has 0 radical (unpaired) electrons. The number of benzene rings is 1. The maximum absolute atomic E-state index is 12.8. The number of anilines is 1. The minimum absolute atomic E-state index is 0.00802. The number of rotatable bonds is 7. The van der Waals surface area contributed by atoms with Crippen LogP contribution in [0, 0.1) is 6.92 Å². The van der Waals surface area contributed by atoms with Gasteiger partial charge < -0.3 is 18.7 Å². The van der Waals surface area contributed by atoms with Crippen molar-refractivity contribution >= 4 is 17.6 Å². The molecule has 3 aromatic rings. The molecule has 0 saturated heterocycles. The molecule has 146 valence electrons. The van der Waals surface area contributed by atoms with Gasteiger partial charge in [-0.2, -0.15) is 0 Å². The number of methoxy groups -OCH3 is 1. The smallest absolute Gasteiger partial charge is 0.306 e. The predicted octanol–water partition coefficient (Wildman–Crippen LogP) is 3.34. The van der Waals surface area contributed by atoms with E-state index >= 15 is 0 Å². The van der Waals surface area contributed by atoms with Crippen molar-refractivity contribution in [1.29, 1.82) is 0 Å². The van der Waals surface area contributed by atoms with Crippen LogP contribution in [0.2, 0.25) is 0 Å². The zero-order chi connectivity index (χ0) is 20.1. The first kappa shape index (κ1) is 19.3. The third kappa shape index (κ3) is 4.11. The summed E-state index contributed by atoms with van der Waals surface area (Å²) < 4.78 is 15.3. The maximum Gasteiger partial charge on any atom is 0.306 e. The van der Waals surface area contributed by atoms with Crippen LogP contribution in [-0.4, -0.2) is 36.3 Å². The second-order valence-electron chi connectivity index (χ2n) is 6.37. The first-order valence-corrected chi connectivity index (χ1v) is 8.77. The van der Waals surface area contributed by atoms with Crippen LogP contribution < -0.4 is 4.90 Å². The van der Waals surface area contributed by atoms with E-state index in [4.69, 9.17) is 13.8 Å². The molecule has 3 rings (SSSR count). The molecule has 28 heavy (non-hydrogen) atoms. The lowest BCUT2D eigenvalue weighted by atomic mass is 9.93. The van der Waals surface area contributed by atoms with Gasteiger partial charge in [-0.1, -0.05) is 28.5 Å². The van der Waals surface area contributed by atoms with E-state index in [1.807, 2.05) is 30.3 Å². The van der Waals surface area contributed by atoms with Crippen molar-refractivity contribution in [3.05, 3.63) is 53.9 Å². The van der Waals surface area contributed by atoms with E-state index in [-0.39, 0.29) is 18.7 Å². The number of esters is 1. The van der Waals surface area contributed by atoms with E-state index in [0.717, 1.165) is 5.69 Å². The molecule has 1 unspecified atom stereocenters. The molecular formula is C20H21N3O5. The van der Waals surface area contributed by atoms with Crippen molar-refractivity contribution in [2.75, 3.05) is 19.1 Å². The summed E-state index contributed by atoms with van der Waals surface area (Å²) in [5, 5.41) is 7.77. The maximum atomic E-state index is 12.8. The fourth-order valence-corrected chi connectivity index (χ4v) is 2.98. The van der Waals surface area contributed by atoms with Gasteiger partial charge in [0.05, 0.1) is 25.4 Å². The Morgan fingerprint density at radius 3 is 2.54 bits per heavy atom. The molecule has 0 fully saturated rings. The first-order chi connectivity index (χ1) is 13.5. The zero-order valence-corrected chi connectivity index (χ0v) is 15.9. The molecule has 0 aliphatic carbocycles. The molecule has 8 nitrogen and oxygen atoms in total. The van der Waals surface area contributed by atoms with Crippen molar-refractivity contribution in [3.8, 4) is 11.5 Å². The third-order valence-electron chi connectivity index (χ3n) is 4.59. The summed E-state index contributed by atoms with van der Waals surface area (Å²) in [6.07, 6.45) is 1.58. The van der Waals surface area contributed by atoms with Gasteiger partial charge in [-0.3, -0.25) is 9.59 Å². The van der Waals surface area contributed by atoms with E-state index in [1.54, 1.807) is 24.9 Å². The van der Waals surface area contributed by atoms with Crippen LogP contribution in [0.15, 0.2) is 51.6 Å². The van der Waals surface area contributed by atoms with E-state index in [1.165, 1.54) is 13.3 Å². The number of hydrogen-bond donors (Lipinski definition) is 0. The van der Waals surface area contributed by atoms with Crippen LogP contribution in [-0.2, 0) is 14.3 Å². The van der Waals surface area contributed by atoms with Crippen molar-refractivity contribution in [1.82, 2.24) is 10.3 Å². The minimum atomic E-state index is -0.494. The summed E-state index contributed by atoms with van der Waals surface area (Å²) in [5.74, 6) is -0.217. The molecule has 1 aromatic carbocycles. The molecule has 0 bridgehead atoms. The molecule has 2 heterocycles. The minimum Gasteiger partial charge on any atom is -0.469 e. The van der Waals surface area contributed by atoms with Gasteiger partial charge in [-0.25, -0.2) is 0 Å². The highest BCUT2D eigenvalue weighted by molar-refractivity contribution is 5.93. The van der Waals surface area contributed by atoms with Crippen molar-refractivity contribution < 1.29 is 23.4 Å². The summed E-state index contributed by atoms with van der Waals surface area (Å²) in [4.78, 5) is 26.3. The highest BCUT2D eigenvalue weighted by atomic mass is 16.5. The van der Waals surface area contributed by atoms with E-state index in [2.05, 4.69) is 10.3 Å². The van der Waals surface area contributed by atoms with Gasteiger partial charge in [0.1, 0.15) is 0 Å². The van der Waals surface area contributed by atoms with Crippen molar-refractivity contribution in [3.63, 3.8) is 0 Å². The van der Waals surface area contributed by atoms with Gasteiger partial charge in [-0.15, -0.1) is 0 Å². The average molecular weight is 383 g/mol. The van der Waals surface area contributed by atoms with Gasteiger partial charge in [0, 0.05) is 36.7 Å². The molecule has 1 atom stereocenters. The van der Waals surface area contributed by atoms with Crippen LogP contribution in [0.1, 0.15) is 30.0 Å². The van der Waals surface area contributed by atoms with Gasteiger partial charge in [-0.05, 0) is 19.1 Å². The van der Waals surface area contributed by atoms with Crippen LogP contribution in [0.5, 0.6) is 0 Å². The predicted molar refractivity (Wildman–Crippen MR) is 101 cm³/mol. The number of aromatic nitrogens is 2. The Balaban J connectivity index is 1.85. The lowest BCUT2D eigenvalue weighted by Gasteiger charge is -2.20. The Morgan fingerprint density at radius 2 is 1.89 bits per heavy atom. The Kier molecular flexibility index (Phi) is 5.88. The van der Waals surface area contributed by atoms with E-state index in [0.29, 0.717) is 22.8 Å². The second-order valence-corrected chi connectivity index (χ2v) is 6.37. The molecule has 0 spiro atoms. The Hall–Kier alpha value is -3.42. The topological polar surface area (TPSA) is 98.7 Å². The molecule has 1 amide bonds. The number of nitrogens with zero attached hydrogens (tertiary/aromatic N) is 3. The number of hydrogen-bond acceptors (Lipinski definition) is 7. The summed E-state index contributed by atoms with van der Waals surface area (Å²) in [7, 11) is 3.01. The summed E-state index contributed by atoms with van der Waals surface area (Å²) in [6.45, 7) is 1.80. The SMILES string of the molecule is COC(=O)CC(CC(=O)N(C)c1ccccc1)c1noc(-c2ccno2)c1C. The molecule has 0 aliphatic rings. The van der Waals surface area contributed by atoms with Crippen LogP contribution in [0.3, 0.4) is 0 Å². The van der Waals surface area contributed by atoms with Crippen LogP contribution >= 0.6 is 0 Å². The Bertz CT molecular complexity index is 934. The van der Waals surface area contributed by atoms with Gasteiger partial charge in [0.2, 0.25) is 17.4 Å². The standard InChI is InChI=1S/C20H21N3O5/c1-13-19(22-28-20(13)16-9-10-21-27-16)14(12-18(25)26-3)11-17(24)23(2)15-7-5-4-6-8-15/h4-10,14H,11-12H2,1-3H3. The van der Waals surface area contributed by atoms with Crippen molar-refractivity contribution in [2.45, 2.75) is 25.7 Å². The van der Waals surface area contributed by atoms with Crippen LogP contribution in [0.25, 0.3) is 11.5 Å². The monoisotopic (exact) mass is 383 g/mol. The zero-order valence-electron chi connectivity index (χ0n) is 15.9. The molecule has 0 saturated carbocycles. The summed E-state index contributed by atoms with van der Waals surface area (Å²) >= 11 is 0. The molecular weight excluding hydrogens is 362 g/mol. The van der Waals surface area contributed by atoms with Crippen molar-refractivity contribution in [2.24, 2.45) is 0 Å². The molecule has 0 N–H and O–H groups in total. The number of ether oxygens (including phenoxy) is 1. The number of carbonyl (C=O) groups is 2. The van der Waals surface area contributed by atoms with E-state index < -0.39 is 11.9 Å². The molecule has 2 aromatic heterocycles. The Morgan fingerprint density at radius 1 is 1.14 bits per heavy atom.